The second-order valence-electron chi connectivity index (χ2n) is 3.01. The monoisotopic (exact) mass is 153 g/mol. The Bertz CT molecular complexity index is 150. The first-order valence-electron chi connectivity index (χ1n) is 4.19. The number of carbonyl (C=O) groups is 1. The minimum atomic E-state index is 0.368. The van der Waals surface area contributed by atoms with Crippen LogP contribution in [0.1, 0.15) is 19.3 Å². The number of carbonyl (C=O) groups excluding carboxylic acids is 1. The van der Waals surface area contributed by atoms with Crippen LogP contribution in [-0.2, 0) is 4.79 Å². The molecule has 1 aliphatic carbocycles. The van der Waals surface area contributed by atoms with Crippen molar-refractivity contribution in [3.8, 4) is 0 Å². The summed E-state index contributed by atoms with van der Waals surface area (Å²) in [5.41, 5.74) is 0. The largest absolute Gasteiger partial charge is 0.307 e. The zero-order chi connectivity index (χ0) is 8.10. The van der Waals surface area contributed by atoms with Crippen LogP contribution in [0.5, 0.6) is 0 Å². The predicted octanol–water partition coefficient (Wildman–Crippen LogP) is 1.13. The van der Waals surface area contributed by atoms with Gasteiger partial charge >= 0.3 is 0 Å². The zero-order valence-electron chi connectivity index (χ0n) is 6.81. The van der Waals surface area contributed by atoms with Gasteiger partial charge in [0.15, 0.2) is 0 Å². The van der Waals surface area contributed by atoms with Crippen molar-refractivity contribution in [2.75, 3.05) is 13.1 Å². The van der Waals surface area contributed by atoms with E-state index in [1.165, 1.54) is 6.42 Å². The van der Waals surface area contributed by atoms with Gasteiger partial charge in [-0.25, -0.2) is 0 Å². The molecule has 0 radical (unpaired) electrons. The van der Waals surface area contributed by atoms with Gasteiger partial charge in [0.05, 0.1) is 6.54 Å². The Hall–Kier alpha value is -0.630. The SMILES string of the molecule is C=CCNCC(=O)C1CCC1. The summed E-state index contributed by atoms with van der Waals surface area (Å²) in [4.78, 5) is 11.2. The van der Waals surface area contributed by atoms with Crippen LogP contribution >= 0.6 is 0 Å². The quantitative estimate of drug-likeness (QED) is 0.474. The van der Waals surface area contributed by atoms with Gasteiger partial charge in [0.2, 0.25) is 0 Å². The van der Waals surface area contributed by atoms with Crippen LogP contribution in [-0.4, -0.2) is 18.9 Å². The summed E-state index contributed by atoms with van der Waals surface area (Å²) in [7, 11) is 0. The summed E-state index contributed by atoms with van der Waals surface area (Å²) in [6, 6.07) is 0. The molecule has 0 saturated heterocycles. The van der Waals surface area contributed by atoms with Crippen LogP contribution in [0.2, 0.25) is 0 Å². The molecule has 0 spiro atoms. The molecule has 1 saturated carbocycles. The van der Waals surface area contributed by atoms with E-state index in [-0.39, 0.29) is 0 Å². The molecular weight excluding hydrogens is 138 g/mol. The normalized spacial score (nSPS) is 17.5. The lowest BCUT2D eigenvalue weighted by molar-refractivity contribution is -0.124. The smallest absolute Gasteiger partial charge is 0.149 e. The average Bonchev–Trinajstić information content (AvgIpc) is 1.84. The second kappa shape index (κ2) is 4.29. The van der Waals surface area contributed by atoms with E-state index in [1.807, 2.05) is 0 Å². The van der Waals surface area contributed by atoms with Crippen LogP contribution in [0.4, 0.5) is 0 Å². The van der Waals surface area contributed by atoms with Crippen molar-refractivity contribution in [2.45, 2.75) is 19.3 Å². The average molecular weight is 153 g/mol. The molecule has 0 atom stereocenters. The Labute approximate surface area is 67.7 Å². The first-order chi connectivity index (χ1) is 5.34. The van der Waals surface area contributed by atoms with Crippen molar-refractivity contribution in [3.63, 3.8) is 0 Å². The van der Waals surface area contributed by atoms with Gasteiger partial charge in [-0.15, -0.1) is 6.58 Å². The van der Waals surface area contributed by atoms with Crippen molar-refractivity contribution >= 4 is 5.78 Å². The van der Waals surface area contributed by atoms with Gasteiger partial charge < -0.3 is 5.32 Å². The minimum Gasteiger partial charge on any atom is -0.307 e. The Morgan fingerprint density at radius 2 is 2.36 bits per heavy atom. The van der Waals surface area contributed by atoms with E-state index >= 15 is 0 Å². The molecule has 0 amide bonds. The summed E-state index contributed by atoms with van der Waals surface area (Å²) in [6.07, 6.45) is 5.22. The van der Waals surface area contributed by atoms with Gasteiger partial charge in [-0.3, -0.25) is 4.79 Å². The molecule has 1 fully saturated rings. The third-order valence-corrected chi connectivity index (χ3v) is 2.15. The first-order valence-corrected chi connectivity index (χ1v) is 4.19. The van der Waals surface area contributed by atoms with Gasteiger partial charge in [-0.1, -0.05) is 12.5 Å². The molecule has 2 nitrogen and oxygen atoms in total. The molecule has 1 rings (SSSR count). The highest BCUT2D eigenvalue weighted by atomic mass is 16.1. The Kier molecular flexibility index (Phi) is 3.30. The maximum atomic E-state index is 11.2. The van der Waals surface area contributed by atoms with Gasteiger partial charge in [0.25, 0.3) is 0 Å². The fourth-order valence-corrected chi connectivity index (χ4v) is 1.17. The molecule has 0 aromatic carbocycles. The van der Waals surface area contributed by atoms with Crippen LogP contribution in [0.15, 0.2) is 12.7 Å². The van der Waals surface area contributed by atoms with Crippen LogP contribution in [0.3, 0.4) is 0 Å². The molecule has 0 unspecified atom stereocenters. The van der Waals surface area contributed by atoms with E-state index in [1.54, 1.807) is 6.08 Å². The highest BCUT2D eigenvalue weighted by Gasteiger charge is 2.23. The van der Waals surface area contributed by atoms with Gasteiger partial charge in [0.1, 0.15) is 5.78 Å². The van der Waals surface area contributed by atoms with Crippen LogP contribution in [0.25, 0.3) is 0 Å². The fourth-order valence-electron chi connectivity index (χ4n) is 1.17. The van der Waals surface area contributed by atoms with Crippen molar-refractivity contribution in [3.05, 3.63) is 12.7 Å². The molecule has 1 aliphatic rings. The number of nitrogens with one attached hydrogen (secondary N) is 1. The third-order valence-electron chi connectivity index (χ3n) is 2.15. The predicted molar refractivity (Wildman–Crippen MR) is 45.4 cm³/mol. The standard InChI is InChI=1S/C9H15NO/c1-2-6-10-7-9(11)8-4-3-5-8/h2,8,10H,1,3-7H2. The molecular formula is C9H15NO. The van der Waals surface area contributed by atoms with E-state index in [2.05, 4.69) is 11.9 Å². The van der Waals surface area contributed by atoms with E-state index < -0.39 is 0 Å². The topological polar surface area (TPSA) is 29.1 Å². The third kappa shape index (κ3) is 2.46. The highest BCUT2D eigenvalue weighted by molar-refractivity contribution is 5.83. The lowest BCUT2D eigenvalue weighted by Crippen LogP contribution is -2.31. The van der Waals surface area contributed by atoms with Crippen LogP contribution in [0, 0.1) is 5.92 Å². The van der Waals surface area contributed by atoms with E-state index in [0.29, 0.717) is 18.2 Å². The number of hydrogen-bond acceptors (Lipinski definition) is 2. The van der Waals surface area contributed by atoms with Crippen LogP contribution < -0.4 is 5.32 Å². The molecule has 0 bridgehead atoms. The first kappa shape index (κ1) is 8.47. The molecule has 0 aromatic rings. The summed E-state index contributed by atoms with van der Waals surface area (Å²) in [5.74, 6) is 0.741. The summed E-state index contributed by atoms with van der Waals surface area (Å²) < 4.78 is 0. The molecule has 0 heterocycles. The van der Waals surface area contributed by atoms with Crippen molar-refractivity contribution in [2.24, 2.45) is 5.92 Å². The van der Waals surface area contributed by atoms with Gasteiger partial charge in [0, 0.05) is 12.5 Å². The van der Waals surface area contributed by atoms with Crippen molar-refractivity contribution < 1.29 is 4.79 Å². The number of Topliss-reactive ketones (excluding diaryl/α,β-unsaturated/α-hetero) is 1. The molecule has 0 aromatic heterocycles. The highest BCUT2D eigenvalue weighted by Crippen LogP contribution is 2.26. The molecule has 11 heavy (non-hydrogen) atoms. The fraction of sp³-hybridized carbons (Fsp3) is 0.667. The molecule has 0 aliphatic heterocycles. The zero-order valence-corrected chi connectivity index (χ0v) is 6.81. The van der Waals surface area contributed by atoms with Crippen molar-refractivity contribution in [1.29, 1.82) is 0 Å². The lowest BCUT2D eigenvalue weighted by Gasteiger charge is -2.23. The number of rotatable bonds is 5. The maximum Gasteiger partial charge on any atom is 0.149 e. The second-order valence-corrected chi connectivity index (χ2v) is 3.01. The van der Waals surface area contributed by atoms with Gasteiger partial charge in [-0.2, -0.15) is 0 Å². The number of ketones is 1. The summed E-state index contributed by atoms with van der Waals surface area (Å²) in [5, 5.41) is 3.02. The Morgan fingerprint density at radius 3 is 2.82 bits per heavy atom. The molecule has 62 valence electrons. The van der Waals surface area contributed by atoms with Crippen molar-refractivity contribution in [1.82, 2.24) is 5.32 Å². The summed E-state index contributed by atoms with van der Waals surface area (Å²) >= 11 is 0. The maximum absolute atomic E-state index is 11.2. The van der Waals surface area contributed by atoms with E-state index in [9.17, 15) is 4.79 Å². The molecule has 2 heteroatoms. The van der Waals surface area contributed by atoms with E-state index in [0.717, 1.165) is 19.4 Å². The Balaban J connectivity index is 2.05. The van der Waals surface area contributed by atoms with Gasteiger partial charge in [-0.05, 0) is 12.8 Å². The number of hydrogen-bond donors (Lipinski definition) is 1. The molecule has 1 N–H and O–H groups in total. The Morgan fingerprint density at radius 1 is 1.64 bits per heavy atom. The van der Waals surface area contributed by atoms with E-state index in [4.69, 9.17) is 0 Å². The lowest BCUT2D eigenvalue weighted by atomic mass is 9.82. The summed E-state index contributed by atoms with van der Waals surface area (Å²) in [6.45, 7) is 4.82. The minimum absolute atomic E-state index is 0.368.